The summed E-state index contributed by atoms with van der Waals surface area (Å²) in [7, 11) is 0. The van der Waals surface area contributed by atoms with Gasteiger partial charge in [-0.15, -0.1) is 6.54 Å². The predicted octanol–water partition coefficient (Wildman–Crippen LogP) is -0.377. The van der Waals surface area contributed by atoms with Gasteiger partial charge in [-0.25, -0.2) is 0 Å². The summed E-state index contributed by atoms with van der Waals surface area (Å²) in [5, 5.41) is 0. The summed E-state index contributed by atoms with van der Waals surface area (Å²) >= 11 is 0. The van der Waals surface area contributed by atoms with Gasteiger partial charge in [-0.1, -0.05) is 38.0 Å². The molecule has 1 N–H and O–H groups in total. The van der Waals surface area contributed by atoms with Crippen LogP contribution in [0.3, 0.4) is 0 Å². The van der Waals surface area contributed by atoms with Crippen molar-refractivity contribution in [2.45, 2.75) is 32.1 Å². The SMILES string of the molecule is [NH-]CC1CCCCC1.[Na+]. The summed E-state index contributed by atoms with van der Waals surface area (Å²) in [4.78, 5) is 0. The third kappa shape index (κ3) is 3.61. The van der Waals surface area contributed by atoms with E-state index in [-0.39, 0.29) is 29.6 Å². The molecular formula is C7H14NNa. The van der Waals surface area contributed by atoms with Crippen LogP contribution in [0.5, 0.6) is 0 Å². The van der Waals surface area contributed by atoms with Gasteiger partial charge in [0.25, 0.3) is 0 Å². The monoisotopic (exact) mass is 135 g/mol. The van der Waals surface area contributed by atoms with Gasteiger partial charge in [-0.05, 0) is 0 Å². The molecule has 0 heterocycles. The average molecular weight is 135 g/mol. The molecule has 0 unspecified atom stereocenters. The van der Waals surface area contributed by atoms with Crippen molar-refractivity contribution in [1.82, 2.24) is 0 Å². The first-order valence-corrected chi connectivity index (χ1v) is 3.58. The van der Waals surface area contributed by atoms with E-state index in [2.05, 4.69) is 0 Å². The van der Waals surface area contributed by atoms with E-state index in [4.69, 9.17) is 5.73 Å². The van der Waals surface area contributed by atoms with E-state index >= 15 is 0 Å². The molecule has 0 aromatic heterocycles. The molecule has 1 fully saturated rings. The Morgan fingerprint density at radius 2 is 1.67 bits per heavy atom. The normalized spacial score (nSPS) is 21.0. The van der Waals surface area contributed by atoms with Crippen molar-refractivity contribution >= 4 is 0 Å². The molecule has 0 bridgehead atoms. The summed E-state index contributed by atoms with van der Waals surface area (Å²) in [5.41, 5.74) is 7.10. The van der Waals surface area contributed by atoms with Gasteiger partial charge in [-0.2, -0.15) is 0 Å². The maximum atomic E-state index is 7.10. The van der Waals surface area contributed by atoms with Crippen molar-refractivity contribution < 1.29 is 29.6 Å². The maximum absolute atomic E-state index is 7.10. The summed E-state index contributed by atoms with van der Waals surface area (Å²) in [6.07, 6.45) is 6.82. The summed E-state index contributed by atoms with van der Waals surface area (Å²) < 4.78 is 0. The van der Waals surface area contributed by atoms with Crippen LogP contribution in [0.2, 0.25) is 0 Å². The third-order valence-corrected chi connectivity index (χ3v) is 2.01. The second-order valence-electron chi connectivity index (χ2n) is 2.71. The Balaban J connectivity index is 0.000000640. The number of rotatable bonds is 1. The molecule has 0 aliphatic heterocycles. The Kier molecular flexibility index (Phi) is 6.33. The van der Waals surface area contributed by atoms with E-state index in [1.54, 1.807) is 0 Å². The molecule has 0 atom stereocenters. The fourth-order valence-corrected chi connectivity index (χ4v) is 1.39. The van der Waals surface area contributed by atoms with Crippen LogP contribution in [0.1, 0.15) is 32.1 Å². The molecule has 0 aromatic carbocycles. The Morgan fingerprint density at radius 3 is 2.00 bits per heavy atom. The molecule has 1 saturated carbocycles. The van der Waals surface area contributed by atoms with Crippen molar-refractivity contribution in [3.63, 3.8) is 0 Å². The summed E-state index contributed by atoms with van der Waals surface area (Å²) in [6, 6.07) is 0. The molecule has 0 spiro atoms. The molecular weight excluding hydrogens is 121 g/mol. The molecule has 0 amide bonds. The van der Waals surface area contributed by atoms with Gasteiger partial charge in [-0.3, -0.25) is 0 Å². The van der Waals surface area contributed by atoms with Gasteiger partial charge in [0.1, 0.15) is 0 Å². The number of nitrogens with one attached hydrogen (secondary N) is 1. The zero-order valence-corrected chi connectivity index (χ0v) is 8.32. The van der Waals surface area contributed by atoms with E-state index in [0.717, 1.165) is 5.92 Å². The van der Waals surface area contributed by atoms with Gasteiger partial charge in [0.05, 0.1) is 0 Å². The van der Waals surface area contributed by atoms with Crippen molar-refractivity contribution in [2.75, 3.05) is 6.54 Å². The summed E-state index contributed by atoms with van der Waals surface area (Å²) in [6.45, 7) is 0.667. The van der Waals surface area contributed by atoms with Crippen LogP contribution in [0, 0.1) is 5.92 Å². The van der Waals surface area contributed by atoms with E-state index in [1.165, 1.54) is 32.1 Å². The quantitative estimate of drug-likeness (QED) is 0.438. The Labute approximate surface area is 79.7 Å². The molecule has 0 saturated heterocycles. The molecule has 9 heavy (non-hydrogen) atoms. The molecule has 1 aliphatic rings. The van der Waals surface area contributed by atoms with Crippen molar-refractivity contribution in [3.8, 4) is 0 Å². The van der Waals surface area contributed by atoms with Crippen molar-refractivity contribution in [2.24, 2.45) is 5.92 Å². The van der Waals surface area contributed by atoms with Crippen molar-refractivity contribution in [1.29, 1.82) is 0 Å². The topological polar surface area (TPSA) is 23.8 Å². The molecule has 1 nitrogen and oxygen atoms in total. The average Bonchev–Trinajstić information content (AvgIpc) is 1.90. The Hall–Kier alpha value is 0.960. The smallest absolute Gasteiger partial charge is 0.677 e. The van der Waals surface area contributed by atoms with Crippen LogP contribution in [-0.4, -0.2) is 6.54 Å². The molecule has 2 heteroatoms. The fourth-order valence-electron chi connectivity index (χ4n) is 1.39. The largest absolute Gasteiger partial charge is 1.00 e. The van der Waals surface area contributed by atoms with Crippen LogP contribution < -0.4 is 29.6 Å². The van der Waals surface area contributed by atoms with E-state index in [9.17, 15) is 0 Å². The first-order chi connectivity index (χ1) is 3.93. The first-order valence-electron chi connectivity index (χ1n) is 3.58. The Bertz CT molecular complexity index is 59.9. The molecule has 0 aromatic rings. The third-order valence-electron chi connectivity index (χ3n) is 2.01. The zero-order valence-electron chi connectivity index (χ0n) is 6.32. The van der Waals surface area contributed by atoms with Gasteiger partial charge in [0, 0.05) is 0 Å². The standard InChI is InChI=1S/C7H14N.Na/c8-6-7-4-2-1-3-5-7;/h7-8H,1-6H2;/q-1;+1. The number of hydrogen-bond acceptors (Lipinski definition) is 0. The molecule has 48 valence electrons. The second-order valence-corrected chi connectivity index (χ2v) is 2.71. The van der Waals surface area contributed by atoms with Crippen molar-refractivity contribution in [3.05, 3.63) is 5.73 Å². The first kappa shape index (κ1) is 9.96. The van der Waals surface area contributed by atoms with Gasteiger partial charge >= 0.3 is 29.6 Å². The maximum Gasteiger partial charge on any atom is 1.00 e. The van der Waals surface area contributed by atoms with Crippen LogP contribution >= 0.6 is 0 Å². The Morgan fingerprint density at radius 1 is 1.11 bits per heavy atom. The van der Waals surface area contributed by atoms with Gasteiger partial charge < -0.3 is 5.73 Å². The molecule has 1 rings (SSSR count). The molecule has 0 radical (unpaired) electrons. The van der Waals surface area contributed by atoms with E-state index in [0.29, 0.717) is 6.54 Å². The van der Waals surface area contributed by atoms with E-state index in [1.807, 2.05) is 0 Å². The van der Waals surface area contributed by atoms with Gasteiger partial charge in [0.15, 0.2) is 0 Å². The van der Waals surface area contributed by atoms with Crippen LogP contribution in [0.15, 0.2) is 0 Å². The minimum absolute atomic E-state index is 0. The van der Waals surface area contributed by atoms with Crippen LogP contribution in [-0.2, 0) is 0 Å². The van der Waals surface area contributed by atoms with E-state index < -0.39 is 0 Å². The minimum atomic E-state index is 0. The second kappa shape index (κ2) is 5.72. The zero-order chi connectivity index (χ0) is 5.82. The fraction of sp³-hybridized carbons (Fsp3) is 1.00. The number of hydrogen-bond donors (Lipinski definition) is 0. The minimum Gasteiger partial charge on any atom is -0.677 e. The van der Waals surface area contributed by atoms with Gasteiger partial charge in [0.2, 0.25) is 0 Å². The molecule has 1 aliphatic carbocycles. The van der Waals surface area contributed by atoms with Crippen LogP contribution in [0.4, 0.5) is 0 Å². The predicted molar refractivity (Wildman–Crippen MR) is 35.8 cm³/mol. The summed E-state index contributed by atoms with van der Waals surface area (Å²) in [5.74, 6) is 0.753. The van der Waals surface area contributed by atoms with Crippen LogP contribution in [0.25, 0.3) is 5.73 Å².